The molecule has 1 aromatic heterocycles. The standard InChI is InChI=1S/C10H11ClN2O/c1-6(2)13-10(11)8-4-3-7(14)5-9(8)12-13/h3-6,14H,1-2H3. The molecule has 3 nitrogen and oxygen atoms in total. The Morgan fingerprint density at radius 2 is 2.14 bits per heavy atom. The lowest BCUT2D eigenvalue weighted by molar-refractivity contribution is 0.476. The Hall–Kier alpha value is -1.22. The van der Waals surface area contributed by atoms with E-state index in [2.05, 4.69) is 5.10 Å². The van der Waals surface area contributed by atoms with Crippen LogP contribution in [0.15, 0.2) is 18.2 Å². The molecule has 0 amide bonds. The maximum absolute atomic E-state index is 9.28. The van der Waals surface area contributed by atoms with Crippen LogP contribution in [-0.2, 0) is 0 Å². The summed E-state index contributed by atoms with van der Waals surface area (Å²) in [6.07, 6.45) is 0. The molecule has 0 radical (unpaired) electrons. The Morgan fingerprint density at radius 1 is 1.43 bits per heavy atom. The molecule has 0 saturated heterocycles. The Morgan fingerprint density at radius 3 is 2.79 bits per heavy atom. The maximum Gasteiger partial charge on any atom is 0.135 e. The second kappa shape index (κ2) is 3.17. The summed E-state index contributed by atoms with van der Waals surface area (Å²) in [4.78, 5) is 0. The van der Waals surface area contributed by atoms with E-state index < -0.39 is 0 Å². The zero-order valence-corrected chi connectivity index (χ0v) is 8.78. The summed E-state index contributed by atoms with van der Waals surface area (Å²) in [5.74, 6) is 0.211. The third kappa shape index (κ3) is 1.34. The lowest BCUT2D eigenvalue weighted by Crippen LogP contribution is -2.01. The van der Waals surface area contributed by atoms with Gasteiger partial charge in [-0.05, 0) is 26.0 Å². The van der Waals surface area contributed by atoms with Crippen molar-refractivity contribution in [2.24, 2.45) is 0 Å². The normalized spacial score (nSPS) is 11.4. The highest BCUT2D eigenvalue weighted by Crippen LogP contribution is 2.28. The molecule has 0 aliphatic heterocycles. The van der Waals surface area contributed by atoms with Gasteiger partial charge in [0.05, 0.1) is 5.52 Å². The van der Waals surface area contributed by atoms with Crippen LogP contribution in [0.5, 0.6) is 5.75 Å². The highest BCUT2D eigenvalue weighted by molar-refractivity contribution is 6.34. The quantitative estimate of drug-likeness (QED) is 0.786. The van der Waals surface area contributed by atoms with Crippen molar-refractivity contribution in [3.05, 3.63) is 23.4 Å². The summed E-state index contributed by atoms with van der Waals surface area (Å²) >= 11 is 6.12. The van der Waals surface area contributed by atoms with Gasteiger partial charge in [-0.1, -0.05) is 11.6 Å². The number of phenolic OH excluding ortho intramolecular Hbond substituents is 1. The van der Waals surface area contributed by atoms with Crippen LogP contribution in [0.25, 0.3) is 10.9 Å². The van der Waals surface area contributed by atoms with Gasteiger partial charge < -0.3 is 5.11 Å². The number of aromatic nitrogens is 2. The minimum Gasteiger partial charge on any atom is -0.508 e. The van der Waals surface area contributed by atoms with Gasteiger partial charge >= 0.3 is 0 Å². The van der Waals surface area contributed by atoms with Crippen molar-refractivity contribution in [1.82, 2.24) is 9.78 Å². The fraction of sp³-hybridized carbons (Fsp3) is 0.300. The first kappa shape index (κ1) is 9.34. The summed E-state index contributed by atoms with van der Waals surface area (Å²) in [6, 6.07) is 5.22. The van der Waals surface area contributed by atoms with Crippen LogP contribution in [0.3, 0.4) is 0 Å². The molecule has 0 saturated carbocycles. The average Bonchev–Trinajstić information content (AvgIpc) is 2.43. The Bertz CT molecular complexity index is 476. The van der Waals surface area contributed by atoms with Crippen LogP contribution in [0.1, 0.15) is 19.9 Å². The number of hydrogen-bond acceptors (Lipinski definition) is 2. The van der Waals surface area contributed by atoms with Crippen molar-refractivity contribution in [2.45, 2.75) is 19.9 Å². The number of halogens is 1. The van der Waals surface area contributed by atoms with Crippen molar-refractivity contribution >= 4 is 22.5 Å². The van der Waals surface area contributed by atoms with Gasteiger partial charge in [0.25, 0.3) is 0 Å². The third-order valence-corrected chi connectivity index (χ3v) is 2.49. The van der Waals surface area contributed by atoms with Crippen LogP contribution in [0.4, 0.5) is 0 Å². The van der Waals surface area contributed by atoms with Gasteiger partial charge in [-0.2, -0.15) is 5.10 Å². The largest absolute Gasteiger partial charge is 0.508 e. The second-order valence-corrected chi connectivity index (χ2v) is 3.89. The smallest absolute Gasteiger partial charge is 0.135 e. The van der Waals surface area contributed by atoms with E-state index in [-0.39, 0.29) is 11.8 Å². The van der Waals surface area contributed by atoms with Crippen molar-refractivity contribution in [1.29, 1.82) is 0 Å². The van der Waals surface area contributed by atoms with Gasteiger partial charge in [-0.15, -0.1) is 0 Å². The number of hydrogen-bond donors (Lipinski definition) is 1. The van der Waals surface area contributed by atoms with Crippen LogP contribution in [0, 0.1) is 0 Å². The van der Waals surface area contributed by atoms with E-state index in [0.717, 1.165) is 10.9 Å². The summed E-state index contributed by atoms with van der Waals surface area (Å²) < 4.78 is 1.74. The predicted octanol–water partition coefficient (Wildman–Crippen LogP) is 2.98. The highest BCUT2D eigenvalue weighted by atomic mass is 35.5. The zero-order valence-electron chi connectivity index (χ0n) is 8.03. The molecule has 4 heteroatoms. The summed E-state index contributed by atoms with van der Waals surface area (Å²) in [6.45, 7) is 4.02. The van der Waals surface area contributed by atoms with Crippen molar-refractivity contribution in [3.63, 3.8) is 0 Å². The Kier molecular flexibility index (Phi) is 2.11. The fourth-order valence-corrected chi connectivity index (χ4v) is 1.80. The van der Waals surface area contributed by atoms with Crippen molar-refractivity contribution < 1.29 is 5.11 Å². The van der Waals surface area contributed by atoms with Gasteiger partial charge in [0, 0.05) is 17.5 Å². The molecule has 2 rings (SSSR count). The molecule has 1 aromatic carbocycles. The van der Waals surface area contributed by atoms with E-state index in [4.69, 9.17) is 11.6 Å². The predicted molar refractivity (Wildman–Crippen MR) is 56.8 cm³/mol. The number of aromatic hydroxyl groups is 1. The van der Waals surface area contributed by atoms with Crippen LogP contribution in [-0.4, -0.2) is 14.9 Å². The molecule has 2 aromatic rings. The molecule has 14 heavy (non-hydrogen) atoms. The lowest BCUT2D eigenvalue weighted by Gasteiger charge is -2.05. The molecule has 1 heterocycles. The Balaban J connectivity index is 2.73. The fourth-order valence-electron chi connectivity index (χ4n) is 1.40. The van der Waals surface area contributed by atoms with Gasteiger partial charge in [0.2, 0.25) is 0 Å². The summed E-state index contributed by atoms with van der Waals surface area (Å²) in [7, 11) is 0. The minimum atomic E-state index is 0.211. The lowest BCUT2D eigenvalue weighted by atomic mass is 10.2. The third-order valence-electron chi connectivity index (χ3n) is 2.11. The van der Waals surface area contributed by atoms with Crippen LogP contribution >= 0.6 is 11.6 Å². The molecule has 0 bridgehead atoms. The number of nitrogens with zero attached hydrogens (tertiary/aromatic N) is 2. The first-order valence-corrected chi connectivity index (χ1v) is 4.84. The average molecular weight is 211 g/mol. The monoisotopic (exact) mass is 210 g/mol. The first-order valence-electron chi connectivity index (χ1n) is 4.46. The summed E-state index contributed by atoms with van der Waals surface area (Å²) in [5, 5.41) is 15.1. The van der Waals surface area contributed by atoms with Crippen molar-refractivity contribution in [2.75, 3.05) is 0 Å². The number of phenols is 1. The van der Waals surface area contributed by atoms with Gasteiger partial charge in [0.15, 0.2) is 0 Å². The van der Waals surface area contributed by atoms with Crippen molar-refractivity contribution in [3.8, 4) is 5.75 Å². The van der Waals surface area contributed by atoms with E-state index in [9.17, 15) is 5.11 Å². The van der Waals surface area contributed by atoms with E-state index in [1.165, 1.54) is 0 Å². The highest BCUT2D eigenvalue weighted by Gasteiger charge is 2.11. The molecular weight excluding hydrogens is 200 g/mol. The molecule has 0 fully saturated rings. The summed E-state index contributed by atoms with van der Waals surface area (Å²) in [5.41, 5.74) is 0.726. The molecule has 0 aliphatic carbocycles. The van der Waals surface area contributed by atoms with E-state index in [1.54, 1.807) is 22.9 Å². The van der Waals surface area contributed by atoms with E-state index in [1.807, 2.05) is 13.8 Å². The number of fused-ring (bicyclic) bond motifs is 1. The van der Waals surface area contributed by atoms with Gasteiger partial charge in [-0.25, -0.2) is 0 Å². The maximum atomic E-state index is 9.28. The topological polar surface area (TPSA) is 38.0 Å². The number of benzene rings is 1. The molecule has 0 aliphatic rings. The number of rotatable bonds is 1. The Labute approximate surface area is 86.9 Å². The molecule has 0 unspecified atom stereocenters. The zero-order chi connectivity index (χ0) is 10.3. The molecule has 0 atom stereocenters. The van der Waals surface area contributed by atoms with E-state index >= 15 is 0 Å². The van der Waals surface area contributed by atoms with E-state index in [0.29, 0.717) is 5.15 Å². The van der Waals surface area contributed by atoms with Crippen LogP contribution < -0.4 is 0 Å². The second-order valence-electron chi connectivity index (χ2n) is 3.53. The molecular formula is C10H11ClN2O. The molecule has 0 spiro atoms. The van der Waals surface area contributed by atoms with Gasteiger partial charge in [-0.3, -0.25) is 4.68 Å². The SMILES string of the molecule is CC(C)n1nc2cc(O)ccc2c1Cl. The first-order chi connectivity index (χ1) is 6.59. The molecule has 74 valence electrons. The minimum absolute atomic E-state index is 0.211. The van der Waals surface area contributed by atoms with Gasteiger partial charge in [0.1, 0.15) is 10.9 Å². The van der Waals surface area contributed by atoms with Crippen LogP contribution in [0.2, 0.25) is 5.15 Å². The molecule has 1 N–H and O–H groups in total.